The van der Waals surface area contributed by atoms with Crippen LogP contribution in [0.1, 0.15) is 0 Å². The van der Waals surface area contributed by atoms with E-state index >= 15 is 0 Å². The molecule has 1 heterocycles. The zero-order chi connectivity index (χ0) is 37.0. The quantitative estimate of drug-likeness (QED) is 0.160. The van der Waals surface area contributed by atoms with Crippen LogP contribution in [0.5, 0.6) is 0 Å². The lowest BCUT2D eigenvalue weighted by Gasteiger charge is -2.28. The van der Waals surface area contributed by atoms with E-state index in [9.17, 15) is 0 Å². The summed E-state index contributed by atoms with van der Waals surface area (Å²) < 4.78 is 6.41. The number of fused-ring (bicyclic) bond motifs is 7. The van der Waals surface area contributed by atoms with Crippen molar-refractivity contribution in [2.24, 2.45) is 0 Å². The topological polar surface area (TPSA) is 16.4 Å². The molecule has 11 rings (SSSR count). The number of furan rings is 1. The first kappa shape index (κ1) is 32.0. The molecule has 262 valence electrons. The third-order valence-electron chi connectivity index (χ3n) is 11.2. The van der Waals surface area contributed by atoms with Gasteiger partial charge >= 0.3 is 0 Å². The van der Waals surface area contributed by atoms with Gasteiger partial charge < -0.3 is 9.32 Å². The van der Waals surface area contributed by atoms with Crippen LogP contribution in [0.3, 0.4) is 0 Å². The van der Waals surface area contributed by atoms with E-state index in [1.165, 1.54) is 54.6 Å². The van der Waals surface area contributed by atoms with E-state index < -0.39 is 0 Å². The van der Waals surface area contributed by atoms with Crippen LogP contribution in [-0.2, 0) is 0 Å². The molecule has 0 atom stereocenters. The molecule has 0 aliphatic carbocycles. The van der Waals surface area contributed by atoms with Gasteiger partial charge in [0.2, 0.25) is 0 Å². The number of nitrogens with zero attached hydrogens (tertiary/aromatic N) is 1. The summed E-state index contributed by atoms with van der Waals surface area (Å²) in [7, 11) is 0. The molecule has 0 bridgehead atoms. The number of benzene rings is 10. The van der Waals surface area contributed by atoms with Gasteiger partial charge in [0.05, 0.1) is 5.69 Å². The first-order valence-corrected chi connectivity index (χ1v) is 19.2. The van der Waals surface area contributed by atoms with Crippen LogP contribution in [0, 0.1) is 0 Å². The Morgan fingerprint density at radius 3 is 1.73 bits per heavy atom. The van der Waals surface area contributed by atoms with Crippen LogP contribution in [0.15, 0.2) is 217 Å². The zero-order valence-electron chi connectivity index (χ0n) is 30.6. The van der Waals surface area contributed by atoms with E-state index in [1.54, 1.807) is 0 Å². The van der Waals surface area contributed by atoms with Gasteiger partial charge in [-0.05, 0) is 121 Å². The molecule has 0 spiro atoms. The van der Waals surface area contributed by atoms with E-state index in [4.69, 9.17) is 4.42 Å². The van der Waals surface area contributed by atoms with E-state index in [2.05, 4.69) is 217 Å². The van der Waals surface area contributed by atoms with Gasteiger partial charge in [-0.1, -0.05) is 152 Å². The zero-order valence-corrected chi connectivity index (χ0v) is 30.6. The van der Waals surface area contributed by atoms with Gasteiger partial charge in [0.1, 0.15) is 11.2 Å². The summed E-state index contributed by atoms with van der Waals surface area (Å²) in [5, 5.41) is 9.59. The number of hydrogen-bond acceptors (Lipinski definition) is 2. The minimum absolute atomic E-state index is 0.891. The van der Waals surface area contributed by atoms with Gasteiger partial charge in [-0.3, -0.25) is 0 Å². The van der Waals surface area contributed by atoms with E-state index in [0.29, 0.717) is 0 Å². The van der Waals surface area contributed by atoms with Crippen molar-refractivity contribution in [1.29, 1.82) is 0 Å². The smallest absolute Gasteiger partial charge is 0.136 e. The lowest BCUT2D eigenvalue weighted by Crippen LogP contribution is -2.11. The van der Waals surface area contributed by atoms with Crippen LogP contribution in [0.25, 0.3) is 87.6 Å². The largest absolute Gasteiger partial charge is 0.456 e. The molecular weight excluding hydrogens is 679 g/mol. The molecule has 10 aromatic carbocycles. The highest BCUT2D eigenvalue weighted by atomic mass is 16.3. The van der Waals surface area contributed by atoms with Crippen molar-refractivity contribution in [2.45, 2.75) is 0 Å². The van der Waals surface area contributed by atoms with Crippen molar-refractivity contribution in [3.05, 3.63) is 212 Å². The molecule has 2 nitrogen and oxygen atoms in total. The maximum Gasteiger partial charge on any atom is 0.136 e. The van der Waals surface area contributed by atoms with Crippen LogP contribution in [0.4, 0.5) is 17.1 Å². The molecule has 11 aromatic rings. The van der Waals surface area contributed by atoms with Gasteiger partial charge in [-0.2, -0.15) is 0 Å². The summed E-state index contributed by atoms with van der Waals surface area (Å²) in [6.45, 7) is 0. The Hall–Kier alpha value is -7.42. The lowest BCUT2D eigenvalue weighted by atomic mass is 9.97. The monoisotopic (exact) mass is 713 g/mol. The van der Waals surface area contributed by atoms with Crippen molar-refractivity contribution in [3.8, 4) is 33.4 Å². The summed E-state index contributed by atoms with van der Waals surface area (Å²) in [6.07, 6.45) is 0. The lowest BCUT2D eigenvalue weighted by molar-refractivity contribution is 0.669. The van der Waals surface area contributed by atoms with E-state index in [1.807, 2.05) is 0 Å². The van der Waals surface area contributed by atoms with Crippen molar-refractivity contribution in [3.63, 3.8) is 0 Å². The summed E-state index contributed by atoms with van der Waals surface area (Å²) in [6, 6.07) is 76.6. The fourth-order valence-corrected chi connectivity index (χ4v) is 8.42. The maximum absolute atomic E-state index is 6.41. The summed E-state index contributed by atoms with van der Waals surface area (Å²) in [4.78, 5) is 2.40. The Bertz CT molecular complexity index is 3250. The summed E-state index contributed by atoms with van der Waals surface area (Å²) in [5.74, 6) is 0. The van der Waals surface area contributed by atoms with Crippen molar-refractivity contribution in [2.75, 3.05) is 4.90 Å². The minimum Gasteiger partial charge on any atom is -0.456 e. The van der Waals surface area contributed by atoms with Gasteiger partial charge in [-0.25, -0.2) is 0 Å². The Kier molecular flexibility index (Phi) is 7.53. The molecule has 0 N–H and O–H groups in total. The molecule has 0 unspecified atom stereocenters. The van der Waals surface area contributed by atoms with E-state index in [-0.39, 0.29) is 0 Å². The van der Waals surface area contributed by atoms with Gasteiger partial charge in [0, 0.05) is 27.7 Å². The summed E-state index contributed by atoms with van der Waals surface area (Å²) >= 11 is 0. The molecule has 2 heteroatoms. The number of rotatable bonds is 6. The number of hydrogen-bond donors (Lipinski definition) is 0. The van der Waals surface area contributed by atoms with Crippen LogP contribution >= 0.6 is 0 Å². The van der Waals surface area contributed by atoms with Crippen LogP contribution in [0.2, 0.25) is 0 Å². The molecule has 0 amide bonds. The first-order valence-electron chi connectivity index (χ1n) is 19.2. The Morgan fingerprint density at radius 1 is 0.286 bits per heavy atom. The predicted molar refractivity (Wildman–Crippen MR) is 237 cm³/mol. The molecule has 1 aromatic heterocycles. The minimum atomic E-state index is 0.891. The Morgan fingerprint density at radius 2 is 0.893 bits per heavy atom. The molecule has 56 heavy (non-hydrogen) atoms. The fourth-order valence-electron chi connectivity index (χ4n) is 8.42. The average Bonchev–Trinajstić information content (AvgIpc) is 3.63. The van der Waals surface area contributed by atoms with Gasteiger partial charge in [-0.15, -0.1) is 0 Å². The van der Waals surface area contributed by atoms with Crippen LogP contribution in [-0.4, -0.2) is 0 Å². The average molecular weight is 714 g/mol. The third-order valence-corrected chi connectivity index (χ3v) is 11.2. The third kappa shape index (κ3) is 5.51. The maximum atomic E-state index is 6.41. The second-order valence-corrected chi connectivity index (χ2v) is 14.5. The summed E-state index contributed by atoms with van der Waals surface area (Å²) in [5.41, 5.74) is 12.1. The molecule has 0 radical (unpaired) electrons. The highest BCUT2D eigenvalue weighted by molar-refractivity contribution is 6.12. The highest BCUT2D eigenvalue weighted by Crippen LogP contribution is 2.44. The standard InChI is InChI=1S/C54H35NO/c1-2-11-36(12-3-1)39-16-10-17-40(31-39)37-23-26-45(27-24-37)55(46-28-29-48-43(32-46)22-21-38-13-6-7-18-47(38)48)52-20-9-8-19-49(52)44-25-30-53-50(34-44)51-33-41-14-4-5-15-42(41)35-54(51)56-53/h1-35H. The first-order chi connectivity index (χ1) is 27.7. The predicted octanol–water partition coefficient (Wildman–Crippen LogP) is 15.5. The van der Waals surface area contributed by atoms with Gasteiger partial charge in [0.25, 0.3) is 0 Å². The fraction of sp³-hybridized carbons (Fsp3) is 0. The second-order valence-electron chi connectivity index (χ2n) is 14.5. The molecule has 0 saturated heterocycles. The second kappa shape index (κ2) is 13.2. The van der Waals surface area contributed by atoms with Crippen molar-refractivity contribution >= 4 is 71.3 Å². The highest BCUT2D eigenvalue weighted by Gasteiger charge is 2.19. The molecule has 0 aliphatic heterocycles. The van der Waals surface area contributed by atoms with E-state index in [0.717, 1.165) is 50.1 Å². The van der Waals surface area contributed by atoms with Crippen molar-refractivity contribution in [1.82, 2.24) is 0 Å². The number of para-hydroxylation sites is 1. The Labute approximate surface area is 325 Å². The molecular formula is C54H35NO. The molecule has 0 fully saturated rings. The number of anilines is 3. The molecule has 0 saturated carbocycles. The molecule has 0 aliphatic rings. The van der Waals surface area contributed by atoms with Gasteiger partial charge in [0.15, 0.2) is 0 Å². The van der Waals surface area contributed by atoms with Crippen LogP contribution < -0.4 is 4.90 Å². The Balaban J connectivity index is 1.07. The van der Waals surface area contributed by atoms with Crippen molar-refractivity contribution < 1.29 is 4.42 Å². The normalized spacial score (nSPS) is 11.6. The SMILES string of the molecule is c1ccc(-c2cccc(-c3ccc(N(c4ccc5c(ccc6ccccc65)c4)c4ccccc4-c4ccc5oc6cc7ccccc7cc6c5c4)cc3)c2)cc1.